The van der Waals surface area contributed by atoms with Crippen molar-refractivity contribution >= 4 is 0 Å². The summed E-state index contributed by atoms with van der Waals surface area (Å²) in [6, 6.07) is 3.72. The molecule has 0 fully saturated rings. The van der Waals surface area contributed by atoms with Crippen molar-refractivity contribution in [2.45, 2.75) is 6.18 Å². The summed E-state index contributed by atoms with van der Waals surface area (Å²) in [7, 11) is 0. The van der Waals surface area contributed by atoms with Crippen LogP contribution in [0.2, 0.25) is 0 Å². The average Bonchev–Trinajstić information content (AvgIpc) is 2.65. The molecule has 90 valence electrons. The minimum absolute atomic E-state index is 0.0261. The van der Waals surface area contributed by atoms with Gasteiger partial charge in [0.05, 0.1) is 5.69 Å². The van der Waals surface area contributed by atoms with Gasteiger partial charge in [-0.2, -0.15) is 18.3 Å². The van der Waals surface area contributed by atoms with Crippen molar-refractivity contribution in [3.8, 4) is 17.0 Å². The molecular formula is C10H6F4N2O. The number of phenolic OH excluding ortho intramolecular Hbond substituents is 1. The van der Waals surface area contributed by atoms with Crippen molar-refractivity contribution in [3.05, 3.63) is 35.8 Å². The van der Waals surface area contributed by atoms with Crippen LogP contribution in [0.4, 0.5) is 17.6 Å². The van der Waals surface area contributed by atoms with Crippen molar-refractivity contribution in [3.63, 3.8) is 0 Å². The third-order valence-corrected chi connectivity index (χ3v) is 2.12. The Kier molecular flexibility index (Phi) is 2.53. The third kappa shape index (κ3) is 2.22. The van der Waals surface area contributed by atoms with Gasteiger partial charge < -0.3 is 5.11 Å². The minimum atomic E-state index is -4.54. The van der Waals surface area contributed by atoms with Crippen molar-refractivity contribution < 1.29 is 22.7 Å². The number of benzene rings is 1. The van der Waals surface area contributed by atoms with Crippen LogP contribution < -0.4 is 0 Å². The Hall–Kier alpha value is -2.05. The largest absolute Gasteiger partial charge is 0.507 e. The van der Waals surface area contributed by atoms with E-state index in [1.807, 2.05) is 0 Å². The topological polar surface area (TPSA) is 48.9 Å². The quantitative estimate of drug-likeness (QED) is 0.760. The fraction of sp³-hybridized carbons (Fsp3) is 0.100. The zero-order chi connectivity index (χ0) is 12.6. The van der Waals surface area contributed by atoms with E-state index in [-0.39, 0.29) is 11.3 Å². The molecule has 0 unspecified atom stereocenters. The average molecular weight is 246 g/mol. The first kappa shape index (κ1) is 11.4. The van der Waals surface area contributed by atoms with Crippen LogP contribution >= 0.6 is 0 Å². The van der Waals surface area contributed by atoms with Crippen LogP contribution in [0.15, 0.2) is 24.3 Å². The lowest BCUT2D eigenvalue weighted by molar-refractivity contribution is -0.141. The number of aromatic amines is 1. The molecule has 0 saturated carbocycles. The van der Waals surface area contributed by atoms with Crippen LogP contribution in [0, 0.1) is 5.82 Å². The smallest absolute Gasteiger partial charge is 0.432 e. The molecule has 1 aromatic carbocycles. The third-order valence-electron chi connectivity index (χ3n) is 2.12. The Balaban J connectivity index is 2.44. The predicted octanol–water partition coefficient (Wildman–Crippen LogP) is 2.94. The van der Waals surface area contributed by atoms with Gasteiger partial charge in [0.25, 0.3) is 0 Å². The van der Waals surface area contributed by atoms with E-state index in [1.165, 1.54) is 0 Å². The molecule has 0 bridgehead atoms. The van der Waals surface area contributed by atoms with Crippen molar-refractivity contribution in [1.29, 1.82) is 0 Å². The summed E-state index contributed by atoms with van der Waals surface area (Å²) < 4.78 is 49.6. The summed E-state index contributed by atoms with van der Waals surface area (Å²) in [5.41, 5.74) is -1.11. The maximum Gasteiger partial charge on any atom is 0.432 e. The lowest BCUT2D eigenvalue weighted by Gasteiger charge is -2.01. The lowest BCUT2D eigenvalue weighted by atomic mass is 10.1. The molecule has 3 nitrogen and oxygen atoms in total. The Morgan fingerprint density at radius 1 is 1.18 bits per heavy atom. The predicted molar refractivity (Wildman–Crippen MR) is 50.6 cm³/mol. The molecule has 0 aliphatic rings. The van der Waals surface area contributed by atoms with Gasteiger partial charge in [-0.05, 0) is 18.2 Å². The number of rotatable bonds is 1. The van der Waals surface area contributed by atoms with Gasteiger partial charge in [-0.25, -0.2) is 4.39 Å². The van der Waals surface area contributed by atoms with Gasteiger partial charge in [0, 0.05) is 11.6 Å². The summed E-state index contributed by atoms with van der Waals surface area (Å²) in [6.07, 6.45) is -4.54. The van der Waals surface area contributed by atoms with E-state index in [1.54, 1.807) is 5.10 Å². The number of aromatic hydroxyl groups is 1. The van der Waals surface area contributed by atoms with E-state index in [9.17, 15) is 22.7 Å². The summed E-state index contributed by atoms with van der Waals surface area (Å²) in [5, 5.41) is 14.6. The van der Waals surface area contributed by atoms with Gasteiger partial charge in [0.1, 0.15) is 17.3 Å². The van der Waals surface area contributed by atoms with E-state index in [0.29, 0.717) is 0 Å². The number of halogens is 4. The second-order valence-electron chi connectivity index (χ2n) is 3.33. The Labute approximate surface area is 92.7 Å². The number of alkyl halides is 3. The fourth-order valence-electron chi connectivity index (χ4n) is 1.33. The number of nitrogens with zero attached hydrogens (tertiary/aromatic N) is 1. The lowest BCUT2D eigenvalue weighted by Crippen LogP contribution is -2.04. The molecule has 1 aromatic heterocycles. The second-order valence-corrected chi connectivity index (χ2v) is 3.33. The molecule has 17 heavy (non-hydrogen) atoms. The summed E-state index contributed by atoms with van der Waals surface area (Å²) in [6.45, 7) is 0. The van der Waals surface area contributed by atoms with Crippen LogP contribution in [-0.4, -0.2) is 15.3 Å². The number of nitrogens with one attached hydrogen (secondary N) is 1. The highest BCUT2D eigenvalue weighted by Gasteiger charge is 2.33. The first-order valence-corrected chi connectivity index (χ1v) is 4.49. The van der Waals surface area contributed by atoms with E-state index in [4.69, 9.17) is 0 Å². The highest BCUT2D eigenvalue weighted by Crippen LogP contribution is 2.33. The van der Waals surface area contributed by atoms with Crippen LogP contribution in [0.3, 0.4) is 0 Å². The number of aromatic nitrogens is 2. The number of phenols is 1. The molecule has 0 atom stereocenters. The zero-order valence-electron chi connectivity index (χ0n) is 8.22. The molecular weight excluding hydrogens is 240 g/mol. The Bertz CT molecular complexity index is 547. The van der Waals surface area contributed by atoms with Gasteiger partial charge in [-0.3, -0.25) is 5.10 Å². The first-order valence-electron chi connectivity index (χ1n) is 4.49. The molecule has 7 heteroatoms. The molecule has 0 aliphatic heterocycles. The number of hydrogen-bond acceptors (Lipinski definition) is 2. The molecule has 0 aliphatic carbocycles. The maximum absolute atomic E-state index is 12.7. The minimum Gasteiger partial charge on any atom is -0.507 e. The van der Waals surface area contributed by atoms with Crippen molar-refractivity contribution in [2.24, 2.45) is 0 Å². The van der Waals surface area contributed by atoms with Gasteiger partial charge in [-0.1, -0.05) is 0 Å². The second kappa shape index (κ2) is 3.76. The molecule has 0 saturated heterocycles. The van der Waals surface area contributed by atoms with Crippen molar-refractivity contribution in [2.75, 3.05) is 0 Å². The van der Waals surface area contributed by atoms with E-state index >= 15 is 0 Å². The molecule has 0 amide bonds. The molecule has 2 rings (SSSR count). The molecule has 0 spiro atoms. The Morgan fingerprint density at radius 2 is 1.88 bits per heavy atom. The Morgan fingerprint density at radius 3 is 2.41 bits per heavy atom. The maximum atomic E-state index is 12.7. The first-order chi connectivity index (χ1) is 7.88. The van der Waals surface area contributed by atoms with Crippen LogP contribution in [0.25, 0.3) is 11.3 Å². The normalized spacial score (nSPS) is 11.8. The summed E-state index contributed by atoms with van der Waals surface area (Å²) >= 11 is 0. The highest BCUT2D eigenvalue weighted by atomic mass is 19.4. The summed E-state index contributed by atoms with van der Waals surface area (Å²) in [4.78, 5) is 0. The van der Waals surface area contributed by atoms with Crippen LogP contribution in [0.1, 0.15) is 5.69 Å². The number of hydrogen-bond donors (Lipinski definition) is 2. The van der Waals surface area contributed by atoms with E-state index in [2.05, 4.69) is 5.10 Å². The van der Waals surface area contributed by atoms with Crippen molar-refractivity contribution in [1.82, 2.24) is 10.2 Å². The standard InChI is InChI=1S/C10H6F4N2O/c11-5-1-2-6(8(17)3-5)7-4-9(16-15-7)10(12,13)14/h1-4,17H,(H,15,16). The molecule has 2 aromatic rings. The van der Waals surface area contributed by atoms with Crippen LogP contribution in [-0.2, 0) is 6.18 Å². The monoisotopic (exact) mass is 246 g/mol. The summed E-state index contributed by atoms with van der Waals surface area (Å²) in [5.74, 6) is -1.15. The molecule has 0 radical (unpaired) electrons. The van der Waals surface area contributed by atoms with Gasteiger partial charge in [-0.15, -0.1) is 0 Å². The molecule has 1 heterocycles. The fourth-order valence-corrected chi connectivity index (χ4v) is 1.33. The van der Waals surface area contributed by atoms with Gasteiger partial charge in [0.15, 0.2) is 0 Å². The van der Waals surface area contributed by atoms with E-state index in [0.717, 1.165) is 24.3 Å². The zero-order valence-corrected chi connectivity index (χ0v) is 8.22. The van der Waals surface area contributed by atoms with Crippen LogP contribution in [0.5, 0.6) is 5.75 Å². The van der Waals surface area contributed by atoms with Gasteiger partial charge in [0.2, 0.25) is 0 Å². The number of H-pyrrole nitrogens is 1. The van der Waals surface area contributed by atoms with E-state index < -0.39 is 23.4 Å². The molecule has 2 N–H and O–H groups in total. The van der Waals surface area contributed by atoms with Gasteiger partial charge >= 0.3 is 6.18 Å². The highest BCUT2D eigenvalue weighted by molar-refractivity contribution is 5.66. The SMILES string of the molecule is Oc1cc(F)ccc1-c1cc(C(F)(F)F)[nH]n1.